The monoisotopic (exact) mass is 251 g/mol. The highest BCUT2D eigenvalue weighted by atomic mass is 16.5. The van der Waals surface area contributed by atoms with E-state index in [1.807, 2.05) is 14.1 Å². The van der Waals surface area contributed by atoms with Crippen molar-refractivity contribution in [2.24, 2.45) is 0 Å². The van der Waals surface area contributed by atoms with Crippen LogP contribution >= 0.6 is 0 Å². The van der Waals surface area contributed by atoms with Crippen molar-refractivity contribution in [2.45, 2.75) is 13.5 Å². The van der Waals surface area contributed by atoms with E-state index in [1.54, 1.807) is 25.3 Å². The number of esters is 1. The fraction of sp³-hybridized carbons (Fsp3) is 0.538. The number of nitrogens with zero attached hydrogens (tertiary/aromatic N) is 2. The van der Waals surface area contributed by atoms with Crippen molar-refractivity contribution in [1.82, 2.24) is 15.2 Å². The minimum atomic E-state index is -0.297. The number of likely N-dealkylation sites (N-methyl/N-ethyl adjacent to an activating group) is 1. The van der Waals surface area contributed by atoms with Gasteiger partial charge in [-0.05, 0) is 33.2 Å². The molecule has 0 aromatic carbocycles. The van der Waals surface area contributed by atoms with Crippen LogP contribution in [0.3, 0.4) is 0 Å². The summed E-state index contributed by atoms with van der Waals surface area (Å²) in [5, 5.41) is 3.27. The predicted octanol–water partition coefficient (Wildman–Crippen LogP) is 0.909. The quantitative estimate of drug-likeness (QED) is 0.576. The van der Waals surface area contributed by atoms with E-state index in [1.165, 1.54) is 0 Å². The summed E-state index contributed by atoms with van der Waals surface area (Å²) >= 11 is 0. The van der Waals surface area contributed by atoms with Crippen LogP contribution in [0.15, 0.2) is 18.3 Å². The number of aromatic nitrogens is 1. The smallest absolute Gasteiger partial charge is 0.338 e. The highest BCUT2D eigenvalue weighted by molar-refractivity contribution is 5.89. The van der Waals surface area contributed by atoms with Crippen molar-refractivity contribution >= 4 is 5.97 Å². The minimum absolute atomic E-state index is 0.297. The topological polar surface area (TPSA) is 54.5 Å². The van der Waals surface area contributed by atoms with Crippen LogP contribution in [0.25, 0.3) is 0 Å². The molecule has 0 radical (unpaired) electrons. The second kappa shape index (κ2) is 7.79. The molecule has 0 fully saturated rings. The van der Waals surface area contributed by atoms with Gasteiger partial charge >= 0.3 is 5.97 Å². The molecule has 0 unspecified atom stereocenters. The Morgan fingerprint density at radius 3 is 2.94 bits per heavy atom. The van der Waals surface area contributed by atoms with Crippen molar-refractivity contribution < 1.29 is 9.53 Å². The number of carbonyl (C=O) groups is 1. The summed E-state index contributed by atoms with van der Waals surface area (Å²) in [5.74, 6) is -0.297. The molecule has 1 rings (SSSR count). The highest BCUT2D eigenvalue weighted by Crippen LogP contribution is 2.03. The third-order valence-corrected chi connectivity index (χ3v) is 2.37. The standard InChI is InChI=1S/C13H21N3O2/c1-4-18-13(17)11-5-6-15-12(9-11)10-14-7-8-16(2)3/h5-6,9,14H,4,7-8,10H2,1-3H3. The van der Waals surface area contributed by atoms with Gasteiger partial charge in [0, 0.05) is 25.8 Å². The first-order valence-electron chi connectivity index (χ1n) is 6.11. The molecule has 18 heavy (non-hydrogen) atoms. The van der Waals surface area contributed by atoms with Gasteiger partial charge in [0.15, 0.2) is 0 Å². The van der Waals surface area contributed by atoms with Gasteiger partial charge in [0.2, 0.25) is 0 Å². The van der Waals surface area contributed by atoms with E-state index in [9.17, 15) is 4.79 Å². The van der Waals surface area contributed by atoms with Crippen LogP contribution in [-0.4, -0.2) is 49.6 Å². The van der Waals surface area contributed by atoms with E-state index >= 15 is 0 Å². The van der Waals surface area contributed by atoms with Gasteiger partial charge in [0.05, 0.1) is 17.9 Å². The van der Waals surface area contributed by atoms with Crippen molar-refractivity contribution in [3.8, 4) is 0 Å². The van der Waals surface area contributed by atoms with E-state index < -0.39 is 0 Å². The highest BCUT2D eigenvalue weighted by Gasteiger charge is 2.07. The second-order valence-electron chi connectivity index (χ2n) is 4.24. The van der Waals surface area contributed by atoms with Crippen LogP contribution in [0.5, 0.6) is 0 Å². The van der Waals surface area contributed by atoms with Gasteiger partial charge in [-0.3, -0.25) is 4.98 Å². The van der Waals surface area contributed by atoms with E-state index in [0.29, 0.717) is 18.7 Å². The summed E-state index contributed by atoms with van der Waals surface area (Å²) in [7, 11) is 4.06. The largest absolute Gasteiger partial charge is 0.462 e. The summed E-state index contributed by atoms with van der Waals surface area (Å²) in [4.78, 5) is 17.9. The fourth-order valence-corrected chi connectivity index (χ4v) is 1.44. The lowest BCUT2D eigenvalue weighted by atomic mass is 10.2. The van der Waals surface area contributed by atoms with Gasteiger partial charge in [-0.2, -0.15) is 0 Å². The molecule has 0 aliphatic heterocycles. The van der Waals surface area contributed by atoms with E-state index in [4.69, 9.17) is 4.74 Å². The van der Waals surface area contributed by atoms with Crippen LogP contribution in [0, 0.1) is 0 Å². The van der Waals surface area contributed by atoms with Crippen LogP contribution in [0.4, 0.5) is 0 Å². The molecule has 0 saturated carbocycles. The summed E-state index contributed by atoms with van der Waals surface area (Å²) in [6, 6.07) is 3.43. The first kappa shape index (κ1) is 14.6. The molecule has 5 heteroatoms. The summed E-state index contributed by atoms with van der Waals surface area (Å²) in [5.41, 5.74) is 1.40. The zero-order valence-electron chi connectivity index (χ0n) is 11.3. The summed E-state index contributed by atoms with van der Waals surface area (Å²) in [6.45, 7) is 4.69. The number of hydrogen-bond donors (Lipinski definition) is 1. The van der Waals surface area contributed by atoms with E-state index in [0.717, 1.165) is 18.8 Å². The fourth-order valence-electron chi connectivity index (χ4n) is 1.44. The molecule has 5 nitrogen and oxygen atoms in total. The van der Waals surface area contributed by atoms with Gasteiger partial charge < -0.3 is 15.0 Å². The molecule has 0 amide bonds. The Labute approximate surface area is 108 Å². The molecular weight excluding hydrogens is 230 g/mol. The maximum absolute atomic E-state index is 11.5. The van der Waals surface area contributed by atoms with Crippen LogP contribution in [0.1, 0.15) is 23.0 Å². The van der Waals surface area contributed by atoms with Gasteiger partial charge in [0.1, 0.15) is 0 Å². The van der Waals surface area contributed by atoms with Crippen LogP contribution in [0.2, 0.25) is 0 Å². The maximum atomic E-state index is 11.5. The Morgan fingerprint density at radius 2 is 2.28 bits per heavy atom. The molecule has 0 atom stereocenters. The Kier molecular flexibility index (Phi) is 6.32. The molecule has 0 bridgehead atoms. The minimum Gasteiger partial charge on any atom is -0.462 e. The molecule has 0 spiro atoms. The molecule has 1 aromatic rings. The van der Waals surface area contributed by atoms with E-state index in [-0.39, 0.29) is 5.97 Å². The lowest BCUT2D eigenvalue weighted by molar-refractivity contribution is 0.0526. The average molecular weight is 251 g/mol. The summed E-state index contributed by atoms with van der Waals surface area (Å²) < 4.78 is 4.95. The lowest BCUT2D eigenvalue weighted by Gasteiger charge is -2.10. The SMILES string of the molecule is CCOC(=O)c1ccnc(CNCCN(C)C)c1. The van der Waals surface area contributed by atoms with Crippen LogP contribution < -0.4 is 5.32 Å². The second-order valence-corrected chi connectivity index (χ2v) is 4.24. The molecule has 0 aliphatic rings. The average Bonchev–Trinajstić information content (AvgIpc) is 2.35. The first-order valence-corrected chi connectivity index (χ1v) is 6.11. The lowest BCUT2D eigenvalue weighted by Crippen LogP contribution is -2.26. The van der Waals surface area contributed by atoms with Crippen molar-refractivity contribution in [3.05, 3.63) is 29.6 Å². The van der Waals surface area contributed by atoms with Gasteiger partial charge in [-0.25, -0.2) is 4.79 Å². The first-order chi connectivity index (χ1) is 8.63. The number of nitrogens with one attached hydrogen (secondary N) is 1. The normalized spacial score (nSPS) is 10.7. The molecular formula is C13H21N3O2. The molecule has 1 N–H and O–H groups in total. The number of ether oxygens (including phenoxy) is 1. The molecule has 1 aromatic heterocycles. The molecule has 0 saturated heterocycles. The van der Waals surface area contributed by atoms with Gasteiger partial charge in [-0.1, -0.05) is 0 Å². The van der Waals surface area contributed by atoms with Gasteiger partial charge in [-0.15, -0.1) is 0 Å². The maximum Gasteiger partial charge on any atom is 0.338 e. The van der Waals surface area contributed by atoms with E-state index in [2.05, 4.69) is 15.2 Å². The Hall–Kier alpha value is -1.46. The van der Waals surface area contributed by atoms with Crippen molar-refractivity contribution in [3.63, 3.8) is 0 Å². The van der Waals surface area contributed by atoms with Crippen LogP contribution in [-0.2, 0) is 11.3 Å². The Bertz CT molecular complexity index is 380. The number of hydrogen-bond acceptors (Lipinski definition) is 5. The summed E-state index contributed by atoms with van der Waals surface area (Å²) in [6.07, 6.45) is 1.63. The number of carbonyl (C=O) groups excluding carboxylic acids is 1. The zero-order valence-corrected chi connectivity index (χ0v) is 11.3. The van der Waals surface area contributed by atoms with Gasteiger partial charge in [0.25, 0.3) is 0 Å². The Morgan fingerprint density at radius 1 is 1.50 bits per heavy atom. The zero-order chi connectivity index (χ0) is 13.4. The third kappa shape index (κ3) is 5.25. The van der Waals surface area contributed by atoms with Crippen molar-refractivity contribution in [2.75, 3.05) is 33.8 Å². The number of rotatable bonds is 7. The molecule has 0 aliphatic carbocycles. The van der Waals surface area contributed by atoms with Crippen molar-refractivity contribution in [1.29, 1.82) is 0 Å². The molecule has 100 valence electrons. The third-order valence-electron chi connectivity index (χ3n) is 2.37. The number of pyridine rings is 1. The Balaban J connectivity index is 2.46. The predicted molar refractivity (Wildman–Crippen MR) is 70.5 cm³/mol. The molecule has 1 heterocycles.